The molecule has 0 bridgehead atoms. The van der Waals surface area contributed by atoms with Crippen LogP contribution < -0.4 is 10.6 Å². The Bertz CT molecular complexity index is 627. The Morgan fingerprint density at radius 1 is 1.19 bits per heavy atom. The number of nitrogens with one attached hydrogen (secondary N) is 2. The smallest absolute Gasteiger partial charge is 0.321 e. The molecule has 26 heavy (non-hydrogen) atoms. The number of carbonyl (C=O) groups excluding carboxylic acids is 2. The number of urea groups is 1. The minimum atomic E-state index is -0.186. The van der Waals surface area contributed by atoms with Gasteiger partial charge in [-0.25, -0.2) is 4.79 Å². The second kappa shape index (κ2) is 9.54. The summed E-state index contributed by atoms with van der Waals surface area (Å²) in [4.78, 5) is 27.8. The fourth-order valence-corrected chi connectivity index (χ4v) is 2.87. The van der Waals surface area contributed by atoms with Crippen molar-refractivity contribution in [1.82, 2.24) is 9.80 Å². The first-order valence-corrected chi connectivity index (χ1v) is 9.04. The van der Waals surface area contributed by atoms with Gasteiger partial charge in [-0.05, 0) is 58.0 Å². The van der Waals surface area contributed by atoms with Crippen LogP contribution in [0.4, 0.5) is 16.2 Å². The van der Waals surface area contributed by atoms with Gasteiger partial charge in [0.1, 0.15) is 0 Å². The number of rotatable bonds is 6. The predicted molar refractivity (Wildman–Crippen MR) is 104 cm³/mol. The number of amides is 3. The second-order valence-electron chi connectivity index (χ2n) is 7.11. The molecule has 0 saturated carbocycles. The Hall–Kier alpha value is -2.12. The molecule has 1 aromatic carbocycles. The van der Waals surface area contributed by atoms with Crippen molar-refractivity contribution in [1.29, 1.82) is 0 Å². The standard InChI is InChI=1S/C19H30N4O3/c1-14-8-9-15(11-17(14)21-18(24)13-22(2)3)20-19(25)23(4)12-16-7-5-6-10-26-16/h8-9,11,16H,5-7,10,12-13H2,1-4H3,(H,20,25)(H,21,24). The summed E-state index contributed by atoms with van der Waals surface area (Å²) in [6.07, 6.45) is 3.34. The predicted octanol–water partition coefficient (Wildman–Crippen LogP) is 2.53. The van der Waals surface area contributed by atoms with E-state index >= 15 is 0 Å². The molecule has 1 unspecified atom stereocenters. The van der Waals surface area contributed by atoms with E-state index in [0.29, 0.717) is 24.5 Å². The van der Waals surface area contributed by atoms with Crippen molar-refractivity contribution in [3.63, 3.8) is 0 Å². The molecule has 1 aromatic rings. The summed E-state index contributed by atoms with van der Waals surface area (Å²) < 4.78 is 5.69. The van der Waals surface area contributed by atoms with Crippen molar-refractivity contribution in [3.05, 3.63) is 23.8 Å². The summed E-state index contributed by atoms with van der Waals surface area (Å²) in [6, 6.07) is 5.31. The summed E-state index contributed by atoms with van der Waals surface area (Å²) in [5.74, 6) is -0.0897. The van der Waals surface area contributed by atoms with Gasteiger partial charge < -0.3 is 25.2 Å². The fourth-order valence-electron chi connectivity index (χ4n) is 2.87. The first kappa shape index (κ1) is 20.2. The Morgan fingerprint density at radius 3 is 2.62 bits per heavy atom. The molecule has 1 saturated heterocycles. The van der Waals surface area contributed by atoms with Crippen LogP contribution in [0.1, 0.15) is 24.8 Å². The Morgan fingerprint density at radius 2 is 1.96 bits per heavy atom. The van der Waals surface area contributed by atoms with Crippen LogP contribution in [0.25, 0.3) is 0 Å². The Balaban J connectivity index is 1.94. The normalized spacial score (nSPS) is 17.0. The van der Waals surface area contributed by atoms with Crippen LogP contribution in [-0.4, -0.2) is 68.7 Å². The third-order valence-electron chi connectivity index (χ3n) is 4.32. The molecule has 2 rings (SSSR count). The SMILES string of the molecule is Cc1ccc(NC(=O)N(C)CC2CCCCO2)cc1NC(=O)CN(C)C. The molecule has 0 aliphatic carbocycles. The van der Waals surface area contributed by atoms with Crippen LogP contribution in [0.15, 0.2) is 18.2 Å². The molecule has 7 nitrogen and oxygen atoms in total. The molecule has 3 amide bonds. The molecular weight excluding hydrogens is 332 g/mol. The number of nitrogens with zero attached hydrogens (tertiary/aromatic N) is 2. The number of benzene rings is 1. The van der Waals surface area contributed by atoms with Crippen molar-refractivity contribution in [2.75, 3.05) is 51.5 Å². The number of likely N-dealkylation sites (N-methyl/N-ethyl adjacent to an activating group) is 2. The van der Waals surface area contributed by atoms with Crippen molar-refractivity contribution < 1.29 is 14.3 Å². The van der Waals surface area contributed by atoms with Crippen LogP contribution in [0.2, 0.25) is 0 Å². The molecule has 1 aliphatic rings. The maximum Gasteiger partial charge on any atom is 0.321 e. The molecule has 1 fully saturated rings. The van der Waals surface area contributed by atoms with Crippen LogP contribution in [0, 0.1) is 6.92 Å². The molecule has 144 valence electrons. The number of carbonyl (C=O) groups is 2. The van der Waals surface area contributed by atoms with Crippen molar-refractivity contribution in [2.24, 2.45) is 0 Å². The van der Waals surface area contributed by atoms with E-state index in [2.05, 4.69) is 10.6 Å². The lowest BCUT2D eigenvalue weighted by Crippen LogP contribution is -2.39. The minimum absolute atomic E-state index is 0.0897. The van der Waals surface area contributed by atoms with Gasteiger partial charge in [0.05, 0.1) is 12.6 Å². The highest BCUT2D eigenvalue weighted by Crippen LogP contribution is 2.21. The number of ether oxygens (including phenoxy) is 1. The van der Waals surface area contributed by atoms with Crippen molar-refractivity contribution >= 4 is 23.3 Å². The minimum Gasteiger partial charge on any atom is -0.376 e. The Labute approximate surface area is 155 Å². The number of aryl methyl sites for hydroxylation is 1. The summed E-state index contributed by atoms with van der Waals surface area (Å²) in [6.45, 7) is 3.57. The number of anilines is 2. The van der Waals surface area contributed by atoms with Crippen LogP contribution in [0.3, 0.4) is 0 Å². The first-order chi connectivity index (χ1) is 12.3. The van der Waals surface area contributed by atoms with E-state index in [1.165, 1.54) is 0 Å². The van der Waals surface area contributed by atoms with E-state index in [4.69, 9.17) is 4.74 Å². The lowest BCUT2D eigenvalue weighted by atomic mass is 10.1. The van der Waals surface area contributed by atoms with Gasteiger partial charge in [0, 0.05) is 31.6 Å². The van der Waals surface area contributed by atoms with Gasteiger partial charge in [0.15, 0.2) is 0 Å². The van der Waals surface area contributed by atoms with Gasteiger partial charge in [0.2, 0.25) is 5.91 Å². The van der Waals surface area contributed by atoms with Crippen molar-refractivity contribution in [2.45, 2.75) is 32.3 Å². The highest BCUT2D eigenvalue weighted by Gasteiger charge is 2.19. The average molecular weight is 362 g/mol. The quantitative estimate of drug-likeness (QED) is 0.816. The lowest BCUT2D eigenvalue weighted by molar-refractivity contribution is -0.116. The van der Waals surface area contributed by atoms with Crippen LogP contribution >= 0.6 is 0 Å². The van der Waals surface area contributed by atoms with E-state index in [9.17, 15) is 9.59 Å². The third-order valence-corrected chi connectivity index (χ3v) is 4.32. The van der Waals surface area contributed by atoms with Crippen molar-refractivity contribution in [3.8, 4) is 0 Å². The van der Waals surface area contributed by atoms with Crippen LogP contribution in [-0.2, 0) is 9.53 Å². The van der Waals surface area contributed by atoms with Crippen LogP contribution in [0.5, 0.6) is 0 Å². The van der Waals surface area contributed by atoms with Gasteiger partial charge in [0.25, 0.3) is 0 Å². The largest absolute Gasteiger partial charge is 0.376 e. The zero-order valence-electron chi connectivity index (χ0n) is 16.2. The second-order valence-corrected chi connectivity index (χ2v) is 7.11. The van der Waals surface area contributed by atoms with E-state index in [-0.39, 0.29) is 18.0 Å². The average Bonchev–Trinajstić information content (AvgIpc) is 2.58. The third kappa shape index (κ3) is 6.31. The molecule has 0 radical (unpaired) electrons. The van der Waals surface area contributed by atoms with E-state index < -0.39 is 0 Å². The van der Waals surface area contributed by atoms with Gasteiger partial charge in [-0.15, -0.1) is 0 Å². The highest BCUT2D eigenvalue weighted by molar-refractivity contribution is 5.95. The fraction of sp³-hybridized carbons (Fsp3) is 0.579. The highest BCUT2D eigenvalue weighted by atomic mass is 16.5. The number of hydrogen-bond donors (Lipinski definition) is 2. The Kier molecular flexibility index (Phi) is 7.41. The molecule has 2 N–H and O–H groups in total. The summed E-state index contributed by atoms with van der Waals surface area (Å²) >= 11 is 0. The summed E-state index contributed by atoms with van der Waals surface area (Å²) in [5, 5.41) is 5.77. The molecule has 7 heteroatoms. The molecule has 1 aliphatic heterocycles. The van der Waals surface area contributed by atoms with Gasteiger partial charge >= 0.3 is 6.03 Å². The topological polar surface area (TPSA) is 73.9 Å². The van der Waals surface area contributed by atoms with E-state index in [0.717, 1.165) is 31.4 Å². The zero-order valence-corrected chi connectivity index (χ0v) is 16.2. The van der Waals surface area contributed by atoms with E-state index in [1.807, 2.05) is 33.2 Å². The molecular formula is C19H30N4O3. The zero-order chi connectivity index (χ0) is 19.1. The number of hydrogen-bond acceptors (Lipinski definition) is 4. The van der Waals surface area contributed by atoms with E-state index in [1.54, 1.807) is 22.9 Å². The molecule has 1 heterocycles. The molecule has 0 aromatic heterocycles. The van der Waals surface area contributed by atoms with Gasteiger partial charge in [-0.3, -0.25) is 4.79 Å². The monoisotopic (exact) mass is 362 g/mol. The maximum atomic E-state index is 12.4. The van der Waals surface area contributed by atoms with Gasteiger partial charge in [-0.2, -0.15) is 0 Å². The maximum absolute atomic E-state index is 12.4. The van der Waals surface area contributed by atoms with Gasteiger partial charge in [-0.1, -0.05) is 6.07 Å². The molecule has 0 spiro atoms. The lowest BCUT2D eigenvalue weighted by Gasteiger charge is -2.27. The first-order valence-electron chi connectivity index (χ1n) is 9.04. The summed E-state index contributed by atoms with van der Waals surface area (Å²) in [7, 11) is 5.45. The molecule has 1 atom stereocenters. The summed E-state index contributed by atoms with van der Waals surface area (Å²) in [5.41, 5.74) is 2.30.